The summed E-state index contributed by atoms with van der Waals surface area (Å²) in [7, 11) is -2.51. The normalized spacial score (nSPS) is 11.0. The summed E-state index contributed by atoms with van der Waals surface area (Å²) < 4.78 is 39.9. The highest BCUT2D eigenvalue weighted by Crippen LogP contribution is 2.26. The average molecular weight is 565 g/mol. The molecule has 0 fully saturated rings. The van der Waals surface area contributed by atoms with E-state index in [-0.39, 0.29) is 34.9 Å². The summed E-state index contributed by atoms with van der Waals surface area (Å²) in [6.45, 7) is 0.644. The van der Waals surface area contributed by atoms with E-state index in [9.17, 15) is 13.2 Å². The van der Waals surface area contributed by atoms with Gasteiger partial charge in [-0.15, -0.1) is 0 Å². The maximum absolute atomic E-state index is 13.1. The molecule has 3 N–H and O–H groups in total. The van der Waals surface area contributed by atoms with Gasteiger partial charge in [0.15, 0.2) is 5.11 Å². The van der Waals surface area contributed by atoms with Crippen LogP contribution in [0.1, 0.15) is 15.9 Å². The van der Waals surface area contributed by atoms with Gasteiger partial charge in [0.2, 0.25) is 0 Å². The first-order valence-electron chi connectivity index (χ1n) is 12.2. The van der Waals surface area contributed by atoms with E-state index in [1.54, 1.807) is 18.2 Å². The largest absolute Gasteiger partial charge is 0.490 e. The van der Waals surface area contributed by atoms with Crippen molar-refractivity contribution in [1.29, 1.82) is 0 Å². The average Bonchev–Trinajstić information content (AvgIpc) is 2.95. The number of thiocarbonyl (C=S) groups is 1. The van der Waals surface area contributed by atoms with Crippen molar-refractivity contribution >= 4 is 44.2 Å². The van der Waals surface area contributed by atoms with Crippen LogP contribution in [-0.4, -0.2) is 51.2 Å². The first kappa shape index (κ1) is 27.8. The number of ether oxygens (including phenoxy) is 2. The summed E-state index contributed by atoms with van der Waals surface area (Å²) in [5.41, 5.74) is 1.95. The summed E-state index contributed by atoms with van der Waals surface area (Å²) in [5, 5.41) is 6.28. The zero-order chi connectivity index (χ0) is 27.7. The summed E-state index contributed by atoms with van der Waals surface area (Å²) in [4.78, 5) is 16.9. The van der Waals surface area contributed by atoms with E-state index < -0.39 is 10.0 Å². The van der Waals surface area contributed by atoms with Gasteiger partial charge in [-0.1, -0.05) is 42.5 Å². The zero-order valence-corrected chi connectivity index (χ0v) is 22.8. The quantitative estimate of drug-likeness (QED) is 0.187. The Labute approximate surface area is 232 Å². The fourth-order valence-corrected chi connectivity index (χ4v) is 5.19. The number of nitrogens with one attached hydrogen (secondary N) is 3. The van der Waals surface area contributed by atoms with Crippen molar-refractivity contribution in [3.05, 3.63) is 96.2 Å². The third-order valence-corrected chi connectivity index (χ3v) is 7.46. The Balaban J connectivity index is 1.42. The molecule has 0 aliphatic heterocycles. The molecule has 0 bridgehead atoms. The highest BCUT2D eigenvalue weighted by atomic mass is 32.2. The second-order valence-electron chi connectivity index (χ2n) is 8.40. The lowest BCUT2D eigenvalue weighted by Crippen LogP contribution is -2.37. The van der Waals surface area contributed by atoms with Crippen LogP contribution in [0.3, 0.4) is 0 Å². The van der Waals surface area contributed by atoms with Crippen LogP contribution < -0.4 is 24.8 Å². The molecule has 0 aliphatic rings. The molecule has 1 amide bonds. The number of fused-ring (bicyclic) bond motifs is 1. The number of rotatable bonds is 11. The van der Waals surface area contributed by atoms with Crippen LogP contribution in [-0.2, 0) is 16.4 Å². The van der Waals surface area contributed by atoms with Crippen molar-refractivity contribution in [2.75, 3.05) is 26.8 Å². The lowest BCUT2D eigenvalue weighted by molar-refractivity contribution is 0.0954. The van der Waals surface area contributed by atoms with E-state index in [0.717, 1.165) is 10.9 Å². The molecule has 202 valence electrons. The van der Waals surface area contributed by atoms with Crippen LogP contribution >= 0.6 is 12.2 Å². The summed E-state index contributed by atoms with van der Waals surface area (Å²) >= 11 is 5.00. The maximum atomic E-state index is 13.1. The van der Waals surface area contributed by atoms with Gasteiger partial charge in [0.25, 0.3) is 15.9 Å². The first-order chi connectivity index (χ1) is 18.9. The van der Waals surface area contributed by atoms with E-state index in [0.29, 0.717) is 29.8 Å². The molecule has 0 atom stereocenters. The van der Waals surface area contributed by atoms with Crippen molar-refractivity contribution in [3.63, 3.8) is 0 Å². The second kappa shape index (κ2) is 13.0. The Morgan fingerprint density at radius 1 is 0.949 bits per heavy atom. The number of sulfonamides is 1. The second-order valence-corrected chi connectivity index (χ2v) is 10.5. The molecule has 11 heteroatoms. The number of hydrogen-bond donors (Lipinski definition) is 3. The van der Waals surface area contributed by atoms with Gasteiger partial charge in [0.05, 0.1) is 11.1 Å². The van der Waals surface area contributed by atoms with Crippen molar-refractivity contribution in [1.82, 2.24) is 20.3 Å². The number of carbonyl (C=O) groups is 1. The van der Waals surface area contributed by atoms with Gasteiger partial charge in [-0.25, -0.2) is 8.42 Å². The number of nitrogens with zero attached hydrogens (tertiary/aromatic N) is 1. The summed E-state index contributed by atoms with van der Waals surface area (Å²) in [6, 6.07) is 23.4. The van der Waals surface area contributed by atoms with E-state index in [1.165, 1.54) is 19.3 Å². The smallest absolute Gasteiger partial charge is 0.267 e. The number of benzene rings is 3. The van der Waals surface area contributed by atoms with E-state index >= 15 is 0 Å². The number of amides is 1. The Bertz CT molecular complexity index is 1560. The summed E-state index contributed by atoms with van der Waals surface area (Å²) in [5.74, 6) is 0.584. The molecule has 39 heavy (non-hydrogen) atoms. The van der Waals surface area contributed by atoms with Crippen molar-refractivity contribution in [3.8, 4) is 11.5 Å². The molecule has 3 aromatic carbocycles. The predicted octanol–water partition coefficient (Wildman–Crippen LogP) is 3.45. The predicted molar refractivity (Wildman–Crippen MR) is 154 cm³/mol. The molecular weight excluding hydrogens is 536 g/mol. The first-order valence-corrected chi connectivity index (χ1v) is 14.1. The van der Waals surface area contributed by atoms with Crippen molar-refractivity contribution < 1.29 is 22.7 Å². The molecule has 1 aromatic heterocycles. The van der Waals surface area contributed by atoms with Gasteiger partial charge in [-0.05, 0) is 60.6 Å². The van der Waals surface area contributed by atoms with Gasteiger partial charge in [-0.2, -0.15) is 0 Å². The van der Waals surface area contributed by atoms with Crippen LogP contribution in [0, 0.1) is 0 Å². The van der Waals surface area contributed by atoms with Gasteiger partial charge >= 0.3 is 0 Å². The molecule has 0 spiro atoms. The number of carbonyl (C=O) groups excluding carboxylic acids is 1. The zero-order valence-electron chi connectivity index (χ0n) is 21.2. The lowest BCUT2D eigenvalue weighted by atomic mass is 10.1. The van der Waals surface area contributed by atoms with Gasteiger partial charge in [0.1, 0.15) is 29.6 Å². The number of hydrogen-bond acceptors (Lipinski definition) is 7. The summed E-state index contributed by atoms with van der Waals surface area (Å²) in [6.07, 6.45) is 1.93. The van der Waals surface area contributed by atoms with Crippen LogP contribution in [0.5, 0.6) is 11.5 Å². The van der Waals surface area contributed by atoms with Crippen LogP contribution in [0.15, 0.2) is 90.0 Å². The molecule has 4 rings (SSSR count). The van der Waals surface area contributed by atoms with E-state index in [2.05, 4.69) is 20.3 Å². The molecule has 4 aromatic rings. The highest BCUT2D eigenvalue weighted by molar-refractivity contribution is 7.92. The molecular formula is C28H28N4O5S2. The van der Waals surface area contributed by atoms with Crippen LogP contribution in [0.4, 0.5) is 0 Å². The lowest BCUT2D eigenvalue weighted by Gasteiger charge is -2.15. The Morgan fingerprint density at radius 2 is 1.69 bits per heavy atom. The fraction of sp³-hybridized carbons (Fsp3) is 0.179. The van der Waals surface area contributed by atoms with Gasteiger partial charge < -0.3 is 20.1 Å². The van der Waals surface area contributed by atoms with Crippen LogP contribution in [0.25, 0.3) is 10.9 Å². The minimum Gasteiger partial charge on any atom is -0.490 e. The molecule has 0 radical (unpaired) electrons. The number of pyridine rings is 1. The number of para-hydroxylation sites is 2. The molecule has 1 heterocycles. The maximum Gasteiger partial charge on any atom is 0.267 e. The Morgan fingerprint density at radius 3 is 2.49 bits per heavy atom. The van der Waals surface area contributed by atoms with E-state index in [4.69, 9.17) is 21.7 Å². The molecule has 0 saturated carbocycles. The molecule has 0 aliphatic carbocycles. The standard InChI is InChI=1S/C28H28N4O5S2/c1-29-28(38)32-39(34,35)26-17-20(11-12-25(26)37-16-15-36-23-8-3-2-4-9-23)13-14-30-27(33)22-18-21-7-5-6-10-24(21)31-19-22/h2-12,17-19H,13-16H2,1H3,(H,30,33)(H2,29,32,38). The monoisotopic (exact) mass is 564 g/mol. The minimum absolute atomic E-state index is 0.0463. The number of aromatic nitrogens is 1. The SMILES string of the molecule is CNC(=S)NS(=O)(=O)c1cc(CCNC(=O)c2cnc3ccccc3c2)ccc1OCCOc1ccccc1. The van der Waals surface area contributed by atoms with E-state index in [1.807, 2.05) is 54.6 Å². The van der Waals surface area contributed by atoms with Crippen LogP contribution in [0.2, 0.25) is 0 Å². The van der Waals surface area contributed by atoms with Gasteiger partial charge in [-0.3, -0.25) is 14.5 Å². The third kappa shape index (κ3) is 7.65. The highest BCUT2D eigenvalue weighted by Gasteiger charge is 2.22. The third-order valence-electron chi connectivity index (χ3n) is 5.66. The molecule has 9 nitrogen and oxygen atoms in total. The molecule has 0 unspecified atom stereocenters. The van der Waals surface area contributed by atoms with Crippen molar-refractivity contribution in [2.24, 2.45) is 0 Å². The topological polar surface area (TPSA) is 119 Å². The van der Waals surface area contributed by atoms with Gasteiger partial charge in [0, 0.05) is 25.2 Å². The Kier molecular flexibility index (Phi) is 9.29. The fourth-order valence-electron chi connectivity index (χ4n) is 3.71. The minimum atomic E-state index is -4.03. The Hall–Kier alpha value is -4.22. The van der Waals surface area contributed by atoms with Crippen molar-refractivity contribution in [2.45, 2.75) is 11.3 Å². The molecule has 0 saturated heterocycles.